The van der Waals surface area contributed by atoms with E-state index < -0.39 is 23.9 Å². The maximum atomic E-state index is 11.9. The number of esters is 2. The lowest BCUT2D eigenvalue weighted by Crippen LogP contribution is -2.43. The second-order valence-electron chi connectivity index (χ2n) is 4.62. The fourth-order valence-electron chi connectivity index (χ4n) is 1.85. The van der Waals surface area contributed by atoms with Gasteiger partial charge in [0.2, 0.25) is 5.91 Å². The van der Waals surface area contributed by atoms with Crippen LogP contribution < -0.4 is 5.32 Å². The third-order valence-corrected chi connectivity index (χ3v) is 3.78. The molecule has 0 aromatic heterocycles. The zero-order chi connectivity index (χ0) is 17.4. The minimum atomic E-state index is -0.956. The van der Waals surface area contributed by atoms with Crippen molar-refractivity contribution >= 4 is 41.0 Å². The zero-order valence-electron chi connectivity index (χ0n) is 12.7. The topological polar surface area (TPSA) is 81.7 Å². The molecule has 6 nitrogen and oxygen atoms in total. The van der Waals surface area contributed by atoms with Crippen molar-refractivity contribution in [2.75, 3.05) is 14.2 Å². The lowest BCUT2D eigenvalue weighted by Gasteiger charge is -2.18. The molecule has 0 heterocycles. The number of nitrogens with one attached hydrogen (secondary N) is 1. The number of ether oxygens (including phenoxy) is 2. The van der Waals surface area contributed by atoms with E-state index in [0.29, 0.717) is 15.6 Å². The molecule has 0 aliphatic rings. The van der Waals surface area contributed by atoms with Gasteiger partial charge in [-0.05, 0) is 17.7 Å². The molecular formula is C15H17Cl2NO5. The number of methoxy groups -OCH3 is 2. The maximum Gasteiger partial charge on any atom is 0.328 e. The van der Waals surface area contributed by atoms with Crippen LogP contribution >= 0.6 is 23.2 Å². The van der Waals surface area contributed by atoms with Gasteiger partial charge in [0.1, 0.15) is 6.04 Å². The van der Waals surface area contributed by atoms with Crippen LogP contribution in [0.15, 0.2) is 18.2 Å². The summed E-state index contributed by atoms with van der Waals surface area (Å²) in [6.45, 7) is 0. The van der Waals surface area contributed by atoms with Gasteiger partial charge in [0.05, 0.1) is 20.6 Å². The molecule has 1 rings (SSSR count). The summed E-state index contributed by atoms with van der Waals surface area (Å²) in [6, 6.07) is 3.99. The molecule has 0 fully saturated rings. The van der Waals surface area contributed by atoms with Crippen molar-refractivity contribution in [1.29, 1.82) is 0 Å². The second-order valence-corrected chi connectivity index (χ2v) is 5.44. The van der Waals surface area contributed by atoms with Crippen LogP contribution in [0.25, 0.3) is 0 Å². The van der Waals surface area contributed by atoms with E-state index in [1.807, 2.05) is 0 Å². The molecule has 0 unspecified atom stereocenters. The molecule has 1 aromatic rings. The van der Waals surface area contributed by atoms with Crippen molar-refractivity contribution in [1.82, 2.24) is 5.32 Å². The van der Waals surface area contributed by atoms with Gasteiger partial charge in [-0.2, -0.15) is 0 Å². The minimum absolute atomic E-state index is 0.0785. The van der Waals surface area contributed by atoms with E-state index >= 15 is 0 Å². The van der Waals surface area contributed by atoms with E-state index in [1.165, 1.54) is 14.2 Å². The van der Waals surface area contributed by atoms with Gasteiger partial charge >= 0.3 is 11.9 Å². The molecule has 0 saturated carbocycles. The number of rotatable bonds is 7. The number of benzene rings is 1. The van der Waals surface area contributed by atoms with Crippen LogP contribution in [0.3, 0.4) is 0 Å². The number of hydrogen-bond acceptors (Lipinski definition) is 5. The normalized spacial score (nSPS) is 11.5. The Kier molecular flexibility index (Phi) is 7.85. The smallest absolute Gasteiger partial charge is 0.328 e. The highest BCUT2D eigenvalue weighted by molar-refractivity contribution is 6.36. The molecular weight excluding hydrogens is 345 g/mol. The highest BCUT2D eigenvalue weighted by Crippen LogP contribution is 2.25. The summed E-state index contributed by atoms with van der Waals surface area (Å²) >= 11 is 12.1. The van der Waals surface area contributed by atoms with Crippen LogP contribution in [0, 0.1) is 0 Å². The Morgan fingerprint density at radius 1 is 1.09 bits per heavy atom. The van der Waals surface area contributed by atoms with Crippen LogP contribution in [-0.4, -0.2) is 38.1 Å². The van der Waals surface area contributed by atoms with Gasteiger partial charge in [0, 0.05) is 22.9 Å². The predicted octanol–water partition coefficient (Wildman–Crippen LogP) is 2.15. The Morgan fingerprint density at radius 3 is 2.22 bits per heavy atom. The van der Waals surface area contributed by atoms with E-state index in [1.54, 1.807) is 18.2 Å². The summed E-state index contributed by atoms with van der Waals surface area (Å²) in [5, 5.41) is 3.28. The van der Waals surface area contributed by atoms with E-state index in [0.717, 1.165) is 0 Å². The van der Waals surface area contributed by atoms with Gasteiger partial charge in [-0.25, -0.2) is 4.79 Å². The fraction of sp³-hybridized carbons (Fsp3) is 0.400. The van der Waals surface area contributed by atoms with Gasteiger partial charge in [-0.15, -0.1) is 0 Å². The molecule has 0 spiro atoms. The molecule has 0 bridgehead atoms. The monoisotopic (exact) mass is 361 g/mol. The van der Waals surface area contributed by atoms with Gasteiger partial charge in [0.15, 0.2) is 0 Å². The molecule has 8 heteroatoms. The van der Waals surface area contributed by atoms with Gasteiger partial charge in [-0.3, -0.25) is 9.59 Å². The minimum Gasteiger partial charge on any atom is -0.469 e. The first-order valence-electron chi connectivity index (χ1n) is 6.76. The lowest BCUT2D eigenvalue weighted by atomic mass is 10.1. The quantitative estimate of drug-likeness (QED) is 0.752. The van der Waals surface area contributed by atoms with Crippen LogP contribution in [-0.2, 0) is 30.3 Å². The van der Waals surface area contributed by atoms with Crippen molar-refractivity contribution in [3.05, 3.63) is 33.8 Å². The molecule has 0 radical (unpaired) electrons. The van der Waals surface area contributed by atoms with Gasteiger partial charge in [0.25, 0.3) is 0 Å². The third kappa shape index (κ3) is 6.08. The molecule has 1 aromatic carbocycles. The van der Waals surface area contributed by atoms with E-state index in [-0.39, 0.29) is 19.3 Å². The summed E-state index contributed by atoms with van der Waals surface area (Å²) < 4.78 is 9.14. The predicted molar refractivity (Wildman–Crippen MR) is 85.4 cm³/mol. The molecule has 0 saturated heterocycles. The Bertz CT molecular complexity index is 571. The van der Waals surface area contributed by atoms with Crippen molar-refractivity contribution in [2.45, 2.75) is 25.3 Å². The molecule has 1 N–H and O–H groups in total. The fourth-order valence-corrected chi connectivity index (χ4v) is 2.40. The third-order valence-electron chi connectivity index (χ3n) is 3.07. The highest BCUT2D eigenvalue weighted by Gasteiger charge is 2.24. The summed E-state index contributed by atoms with van der Waals surface area (Å²) in [7, 11) is 2.45. The van der Waals surface area contributed by atoms with Crippen LogP contribution in [0.5, 0.6) is 0 Å². The number of halogens is 2. The van der Waals surface area contributed by atoms with Gasteiger partial charge in [-0.1, -0.05) is 29.3 Å². The molecule has 0 aliphatic heterocycles. The summed E-state index contributed by atoms with van der Waals surface area (Å²) in [5.74, 6) is -1.62. The number of amides is 1. The van der Waals surface area contributed by atoms with Crippen LogP contribution in [0.4, 0.5) is 0 Å². The van der Waals surface area contributed by atoms with E-state index in [2.05, 4.69) is 14.8 Å². The number of hydrogen-bond donors (Lipinski definition) is 1. The summed E-state index contributed by atoms with van der Waals surface area (Å²) in [4.78, 5) is 34.8. The Balaban J connectivity index is 2.79. The summed E-state index contributed by atoms with van der Waals surface area (Å²) in [6.07, 6.45) is -0.103. The first-order valence-corrected chi connectivity index (χ1v) is 7.51. The van der Waals surface area contributed by atoms with Gasteiger partial charge < -0.3 is 14.8 Å². The average molecular weight is 362 g/mol. The molecule has 1 amide bonds. The van der Waals surface area contributed by atoms with Crippen molar-refractivity contribution in [3.63, 3.8) is 0 Å². The lowest BCUT2D eigenvalue weighted by molar-refractivity contribution is -0.145. The summed E-state index contributed by atoms with van der Waals surface area (Å²) in [5.41, 5.74) is 0.527. The van der Waals surface area contributed by atoms with Crippen LogP contribution in [0.1, 0.15) is 18.4 Å². The maximum absolute atomic E-state index is 11.9. The van der Waals surface area contributed by atoms with E-state index in [4.69, 9.17) is 23.2 Å². The second kappa shape index (κ2) is 9.37. The highest BCUT2D eigenvalue weighted by atomic mass is 35.5. The average Bonchev–Trinajstić information content (AvgIpc) is 2.54. The van der Waals surface area contributed by atoms with Crippen LogP contribution in [0.2, 0.25) is 10.0 Å². The number of carbonyl (C=O) groups excluding carboxylic acids is 3. The first kappa shape index (κ1) is 19.3. The largest absolute Gasteiger partial charge is 0.469 e. The zero-order valence-corrected chi connectivity index (χ0v) is 14.2. The Morgan fingerprint density at radius 2 is 1.70 bits per heavy atom. The molecule has 126 valence electrons. The number of carbonyl (C=O) groups is 3. The molecule has 1 atom stereocenters. The van der Waals surface area contributed by atoms with Crippen molar-refractivity contribution in [3.8, 4) is 0 Å². The SMILES string of the molecule is COC(=O)CCC(=O)N[C@H](Cc1c(Cl)cccc1Cl)C(=O)OC. The van der Waals surface area contributed by atoms with Crippen molar-refractivity contribution in [2.24, 2.45) is 0 Å². The van der Waals surface area contributed by atoms with E-state index in [9.17, 15) is 14.4 Å². The molecule has 0 aliphatic carbocycles. The standard InChI is InChI=1S/C15H17Cl2NO5/c1-22-14(20)7-6-13(19)18-12(15(21)23-2)8-9-10(16)4-3-5-11(9)17/h3-5,12H,6-8H2,1-2H3,(H,18,19)/t12-/m1/s1. The Hall–Kier alpha value is -1.79. The van der Waals surface area contributed by atoms with Crippen molar-refractivity contribution < 1.29 is 23.9 Å². The first-order chi connectivity index (χ1) is 10.9. The molecule has 23 heavy (non-hydrogen) atoms. The Labute approximate surface area is 144 Å².